The summed E-state index contributed by atoms with van der Waals surface area (Å²) in [5, 5.41) is 3.49. The predicted molar refractivity (Wildman–Crippen MR) is 102 cm³/mol. The number of hydrogen-bond acceptors (Lipinski definition) is 3. The Kier molecular flexibility index (Phi) is 5.58. The van der Waals surface area contributed by atoms with Crippen molar-refractivity contribution in [2.75, 3.05) is 0 Å². The SMILES string of the molecule is CC(NC(=O)c1ccc(Cl)c(S(=O)(=O)NC2CC2)c1)c1cccc(Cl)c1. The molecular formula is C18H18Cl2N2O3S. The number of sulfonamides is 1. The van der Waals surface area contributed by atoms with E-state index in [-0.39, 0.29) is 27.6 Å². The lowest BCUT2D eigenvalue weighted by atomic mass is 10.1. The van der Waals surface area contributed by atoms with Crippen molar-refractivity contribution in [2.45, 2.75) is 36.7 Å². The van der Waals surface area contributed by atoms with Gasteiger partial charge < -0.3 is 5.32 Å². The normalized spacial score (nSPS) is 15.5. The first kappa shape index (κ1) is 19.2. The Bertz CT molecular complexity index is 943. The van der Waals surface area contributed by atoms with Gasteiger partial charge in [-0.3, -0.25) is 4.79 Å². The van der Waals surface area contributed by atoms with Crippen LogP contribution in [0.3, 0.4) is 0 Å². The Morgan fingerprint density at radius 2 is 1.88 bits per heavy atom. The fourth-order valence-electron chi connectivity index (χ4n) is 2.47. The summed E-state index contributed by atoms with van der Waals surface area (Å²) < 4.78 is 27.4. The minimum atomic E-state index is -3.75. The third kappa shape index (κ3) is 4.57. The lowest BCUT2D eigenvalue weighted by Gasteiger charge is -2.15. The third-order valence-corrected chi connectivity index (χ3v) is 6.32. The van der Waals surface area contributed by atoms with E-state index in [1.807, 2.05) is 13.0 Å². The minimum absolute atomic E-state index is 0.0450. The molecule has 2 aromatic rings. The van der Waals surface area contributed by atoms with E-state index in [9.17, 15) is 13.2 Å². The summed E-state index contributed by atoms with van der Waals surface area (Å²) in [6, 6.07) is 11.1. The van der Waals surface area contributed by atoms with Crippen molar-refractivity contribution >= 4 is 39.1 Å². The van der Waals surface area contributed by atoms with Crippen molar-refractivity contribution in [1.82, 2.24) is 10.0 Å². The smallest absolute Gasteiger partial charge is 0.251 e. The largest absolute Gasteiger partial charge is 0.346 e. The molecule has 0 radical (unpaired) electrons. The lowest BCUT2D eigenvalue weighted by Crippen LogP contribution is -2.28. The average Bonchev–Trinajstić information content (AvgIpc) is 3.38. The molecule has 0 saturated heterocycles. The van der Waals surface area contributed by atoms with E-state index in [0.29, 0.717) is 5.02 Å². The summed E-state index contributed by atoms with van der Waals surface area (Å²) >= 11 is 12.0. The Hall–Kier alpha value is -1.60. The van der Waals surface area contributed by atoms with Gasteiger partial charge in [-0.2, -0.15) is 0 Å². The van der Waals surface area contributed by atoms with Crippen LogP contribution in [0.2, 0.25) is 10.0 Å². The monoisotopic (exact) mass is 412 g/mol. The van der Waals surface area contributed by atoms with Crippen molar-refractivity contribution in [1.29, 1.82) is 0 Å². The maximum absolute atomic E-state index is 12.5. The van der Waals surface area contributed by atoms with Crippen LogP contribution >= 0.6 is 23.2 Å². The molecule has 0 heterocycles. The minimum Gasteiger partial charge on any atom is -0.346 e. The Morgan fingerprint density at radius 3 is 2.54 bits per heavy atom. The van der Waals surface area contributed by atoms with E-state index >= 15 is 0 Å². The molecule has 0 aliphatic heterocycles. The van der Waals surface area contributed by atoms with Crippen LogP contribution in [0.5, 0.6) is 0 Å². The highest BCUT2D eigenvalue weighted by molar-refractivity contribution is 7.89. The zero-order chi connectivity index (χ0) is 18.9. The van der Waals surface area contributed by atoms with Crippen molar-refractivity contribution in [3.63, 3.8) is 0 Å². The van der Waals surface area contributed by atoms with Crippen LogP contribution in [-0.2, 0) is 10.0 Å². The summed E-state index contributed by atoms with van der Waals surface area (Å²) in [7, 11) is -3.75. The second-order valence-electron chi connectivity index (χ2n) is 6.29. The Morgan fingerprint density at radius 1 is 1.15 bits per heavy atom. The van der Waals surface area contributed by atoms with E-state index in [2.05, 4.69) is 10.0 Å². The van der Waals surface area contributed by atoms with Gasteiger partial charge in [-0.05, 0) is 55.7 Å². The molecule has 1 fully saturated rings. The summed E-state index contributed by atoms with van der Waals surface area (Å²) in [4.78, 5) is 12.4. The molecule has 0 spiro atoms. The second-order valence-corrected chi connectivity index (χ2v) is 8.82. The number of amides is 1. The number of nitrogens with one attached hydrogen (secondary N) is 2. The molecule has 8 heteroatoms. The quantitative estimate of drug-likeness (QED) is 0.754. The molecule has 2 aromatic carbocycles. The summed E-state index contributed by atoms with van der Waals surface area (Å²) in [6.07, 6.45) is 1.63. The number of halogens is 2. The molecular weight excluding hydrogens is 395 g/mol. The highest BCUT2D eigenvalue weighted by Gasteiger charge is 2.29. The number of carbonyl (C=O) groups is 1. The van der Waals surface area contributed by atoms with Gasteiger partial charge in [0.1, 0.15) is 4.90 Å². The van der Waals surface area contributed by atoms with E-state index in [1.54, 1.807) is 18.2 Å². The fraction of sp³-hybridized carbons (Fsp3) is 0.278. The predicted octanol–water partition coefficient (Wildman–Crippen LogP) is 3.93. The van der Waals surface area contributed by atoms with Crippen molar-refractivity contribution in [2.24, 2.45) is 0 Å². The fourth-order valence-corrected chi connectivity index (χ4v) is 4.50. The van der Waals surface area contributed by atoms with E-state index < -0.39 is 15.9 Å². The number of carbonyl (C=O) groups excluding carboxylic acids is 1. The van der Waals surface area contributed by atoms with Gasteiger partial charge in [-0.25, -0.2) is 13.1 Å². The van der Waals surface area contributed by atoms with Crippen molar-refractivity contribution in [3.8, 4) is 0 Å². The van der Waals surface area contributed by atoms with Gasteiger partial charge in [0.15, 0.2) is 0 Å². The maximum Gasteiger partial charge on any atom is 0.251 e. The highest BCUT2D eigenvalue weighted by Crippen LogP contribution is 2.27. The van der Waals surface area contributed by atoms with Crippen molar-refractivity contribution < 1.29 is 13.2 Å². The van der Waals surface area contributed by atoms with Crippen LogP contribution in [0.15, 0.2) is 47.4 Å². The number of benzene rings is 2. The maximum atomic E-state index is 12.5. The number of rotatable bonds is 6. The highest BCUT2D eigenvalue weighted by atomic mass is 35.5. The topological polar surface area (TPSA) is 75.3 Å². The summed E-state index contributed by atoms with van der Waals surface area (Å²) in [5.74, 6) is -0.392. The Labute approximate surface area is 162 Å². The first-order chi connectivity index (χ1) is 12.3. The molecule has 0 bridgehead atoms. The zero-order valence-corrected chi connectivity index (χ0v) is 16.3. The molecule has 1 aliphatic rings. The van der Waals surface area contributed by atoms with Crippen LogP contribution in [0.1, 0.15) is 41.7 Å². The first-order valence-electron chi connectivity index (χ1n) is 8.14. The van der Waals surface area contributed by atoms with Gasteiger partial charge in [0.05, 0.1) is 11.1 Å². The van der Waals surface area contributed by atoms with Gasteiger partial charge >= 0.3 is 0 Å². The molecule has 1 amide bonds. The molecule has 26 heavy (non-hydrogen) atoms. The summed E-state index contributed by atoms with van der Waals surface area (Å²) in [5.41, 5.74) is 1.07. The average molecular weight is 413 g/mol. The van der Waals surface area contributed by atoms with E-state index in [4.69, 9.17) is 23.2 Å². The van der Waals surface area contributed by atoms with E-state index in [0.717, 1.165) is 18.4 Å². The lowest BCUT2D eigenvalue weighted by molar-refractivity contribution is 0.0939. The molecule has 1 saturated carbocycles. The molecule has 5 nitrogen and oxygen atoms in total. The van der Waals surface area contributed by atoms with Crippen molar-refractivity contribution in [3.05, 3.63) is 63.6 Å². The molecule has 1 atom stereocenters. The van der Waals surface area contributed by atoms with E-state index in [1.165, 1.54) is 18.2 Å². The molecule has 1 unspecified atom stereocenters. The second kappa shape index (κ2) is 7.56. The zero-order valence-electron chi connectivity index (χ0n) is 14.0. The van der Waals surface area contributed by atoms with Gasteiger partial charge in [0.2, 0.25) is 10.0 Å². The summed E-state index contributed by atoms with van der Waals surface area (Å²) in [6.45, 7) is 1.83. The van der Waals surface area contributed by atoms with Crippen LogP contribution in [0, 0.1) is 0 Å². The van der Waals surface area contributed by atoms with Crippen LogP contribution in [0.4, 0.5) is 0 Å². The van der Waals surface area contributed by atoms with Gasteiger partial charge in [-0.15, -0.1) is 0 Å². The number of hydrogen-bond donors (Lipinski definition) is 2. The molecule has 2 N–H and O–H groups in total. The molecule has 0 aromatic heterocycles. The molecule has 3 rings (SSSR count). The van der Waals surface area contributed by atoms with Gasteiger partial charge in [0, 0.05) is 16.6 Å². The van der Waals surface area contributed by atoms with Crippen LogP contribution in [-0.4, -0.2) is 20.4 Å². The van der Waals surface area contributed by atoms with Gasteiger partial charge in [0.25, 0.3) is 5.91 Å². The van der Waals surface area contributed by atoms with Gasteiger partial charge in [-0.1, -0.05) is 35.3 Å². The van der Waals surface area contributed by atoms with Crippen LogP contribution < -0.4 is 10.0 Å². The molecule has 138 valence electrons. The van der Waals surface area contributed by atoms with Crippen LogP contribution in [0.25, 0.3) is 0 Å². The first-order valence-corrected chi connectivity index (χ1v) is 10.4. The Balaban J connectivity index is 1.80. The third-order valence-electron chi connectivity index (χ3n) is 4.08. The standard InChI is InChI=1S/C18H18Cl2N2O3S/c1-11(12-3-2-4-14(19)9-12)21-18(23)13-5-8-16(20)17(10-13)26(24,25)22-15-6-7-15/h2-5,8-11,15,22H,6-7H2,1H3,(H,21,23). The molecule has 1 aliphatic carbocycles.